The minimum Gasteiger partial charge on any atom is -0.463 e. The smallest absolute Gasteiger partial charge is 0.328 e. The Hall–Kier alpha value is -0.850. The number of hydrogen-bond donors (Lipinski definition) is 2. The standard InChI is InChI=1S/C15H26N2O7S2/c1-11(10-26-12(2)18)14(19)16-5-3-4-13(16)15(20)23-6-8-25-9-7-24-17(21)22/h11,13,21-22H,3-10H2,1-2H3. The molecule has 2 atom stereocenters. The molecule has 1 saturated heterocycles. The van der Waals surface area contributed by atoms with Crippen LogP contribution in [-0.4, -0.2) is 80.8 Å². The lowest BCUT2D eigenvalue weighted by atomic mass is 10.1. The molecule has 0 radical (unpaired) electrons. The second kappa shape index (κ2) is 12.5. The Balaban J connectivity index is 2.31. The van der Waals surface area contributed by atoms with E-state index in [1.54, 1.807) is 11.8 Å². The highest BCUT2D eigenvalue weighted by atomic mass is 32.2. The third-order valence-electron chi connectivity index (χ3n) is 3.67. The third-order valence-corrected chi connectivity index (χ3v) is 5.66. The van der Waals surface area contributed by atoms with Crippen molar-refractivity contribution in [1.82, 2.24) is 10.3 Å². The zero-order chi connectivity index (χ0) is 19.5. The van der Waals surface area contributed by atoms with E-state index in [0.717, 1.165) is 18.2 Å². The van der Waals surface area contributed by atoms with Crippen LogP contribution in [0, 0.1) is 5.92 Å². The van der Waals surface area contributed by atoms with Crippen LogP contribution in [0.5, 0.6) is 0 Å². The number of esters is 1. The molecule has 2 unspecified atom stereocenters. The molecule has 0 aromatic rings. The van der Waals surface area contributed by atoms with Crippen LogP contribution in [-0.2, 0) is 24.0 Å². The average molecular weight is 411 g/mol. The van der Waals surface area contributed by atoms with Crippen molar-refractivity contribution in [3.05, 3.63) is 0 Å². The van der Waals surface area contributed by atoms with Crippen LogP contribution in [0.4, 0.5) is 0 Å². The number of ether oxygens (including phenoxy) is 1. The summed E-state index contributed by atoms with van der Waals surface area (Å²) in [5, 5.41) is 16.3. The van der Waals surface area contributed by atoms with E-state index < -0.39 is 12.0 Å². The summed E-state index contributed by atoms with van der Waals surface area (Å²) < 4.78 is 5.25. The number of rotatable bonds is 11. The van der Waals surface area contributed by atoms with Crippen LogP contribution in [0.25, 0.3) is 0 Å². The molecule has 0 aromatic carbocycles. The summed E-state index contributed by atoms with van der Waals surface area (Å²) in [5.41, 5.74) is 0. The Bertz CT molecular complexity index is 479. The fourth-order valence-electron chi connectivity index (χ4n) is 2.45. The van der Waals surface area contributed by atoms with Crippen molar-refractivity contribution in [2.75, 3.05) is 37.0 Å². The largest absolute Gasteiger partial charge is 0.463 e. The van der Waals surface area contributed by atoms with Gasteiger partial charge in [-0.3, -0.25) is 20.0 Å². The Morgan fingerprint density at radius 1 is 1.27 bits per heavy atom. The molecule has 0 aromatic heterocycles. The molecular formula is C15H26N2O7S2. The normalized spacial score (nSPS) is 18.2. The van der Waals surface area contributed by atoms with E-state index in [1.807, 2.05) is 0 Å². The molecule has 1 amide bonds. The van der Waals surface area contributed by atoms with Gasteiger partial charge in [0.15, 0.2) is 5.12 Å². The van der Waals surface area contributed by atoms with Gasteiger partial charge in [0.05, 0.1) is 12.0 Å². The van der Waals surface area contributed by atoms with Crippen molar-refractivity contribution in [2.24, 2.45) is 5.92 Å². The van der Waals surface area contributed by atoms with Crippen molar-refractivity contribution in [3.63, 3.8) is 0 Å². The minimum atomic E-state index is -0.557. The Morgan fingerprint density at radius 2 is 1.96 bits per heavy atom. The second-order valence-electron chi connectivity index (χ2n) is 5.76. The highest BCUT2D eigenvalue weighted by Gasteiger charge is 2.36. The van der Waals surface area contributed by atoms with Crippen LogP contribution in [0.15, 0.2) is 0 Å². The average Bonchev–Trinajstić information content (AvgIpc) is 3.07. The Kier molecular flexibility index (Phi) is 11.2. The van der Waals surface area contributed by atoms with Gasteiger partial charge in [-0.15, -0.1) is 0 Å². The molecule has 1 heterocycles. The molecule has 1 aliphatic rings. The molecule has 0 saturated carbocycles. The molecule has 2 N–H and O–H groups in total. The number of carbonyl (C=O) groups excluding carboxylic acids is 3. The van der Waals surface area contributed by atoms with Gasteiger partial charge in [-0.2, -0.15) is 11.8 Å². The second-order valence-corrected chi connectivity index (χ2v) is 8.18. The predicted octanol–water partition coefficient (Wildman–Crippen LogP) is 1.18. The van der Waals surface area contributed by atoms with Gasteiger partial charge in [0.1, 0.15) is 12.6 Å². The van der Waals surface area contributed by atoms with Crippen LogP contribution in [0.1, 0.15) is 26.7 Å². The quantitative estimate of drug-likeness (QED) is 0.292. The molecule has 9 nitrogen and oxygen atoms in total. The van der Waals surface area contributed by atoms with Crippen LogP contribution >= 0.6 is 23.5 Å². The van der Waals surface area contributed by atoms with Gasteiger partial charge in [0.25, 0.3) is 0 Å². The maximum absolute atomic E-state index is 12.5. The van der Waals surface area contributed by atoms with E-state index in [2.05, 4.69) is 4.84 Å². The first-order valence-corrected chi connectivity index (χ1v) is 10.5. The van der Waals surface area contributed by atoms with Crippen LogP contribution < -0.4 is 0 Å². The maximum Gasteiger partial charge on any atom is 0.328 e. The van der Waals surface area contributed by atoms with E-state index >= 15 is 0 Å². The lowest BCUT2D eigenvalue weighted by molar-refractivity contribution is -0.490. The number of thioether (sulfide) groups is 2. The monoisotopic (exact) mass is 410 g/mol. The molecule has 11 heteroatoms. The molecule has 150 valence electrons. The van der Waals surface area contributed by atoms with Gasteiger partial charge in [-0.25, -0.2) is 9.63 Å². The summed E-state index contributed by atoms with van der Waals surface area (Å²) in [5.74, 6) is 0.598. The fraction of sp³-hybridized carbons (Fsp3) is 0.800. The van der Waals surface area contributed by atoms with Crippen LogP contribution in [0.2, 0.25) is 0 Å². The number of likely N-dealkylation sites (tertiary alicyclic amines) is 1. The minimum absolute atomic E-state index is 0.0318. The summed E-state index contributed by atoms with van der Waals surface area (Å²) in [4.78, 5) is 41.7. The van der Waals surface area contributed by atoms with Crippen molar-refractivity contribution < 1.29 is 34.4 Å². The number of hydrogen-bond acceptors (Lipinski definition) is 10. The van der Waals surface area contributed by atoms with Crippen LogP contribution in [0.3, 0.4) is 0 Å². The SMILES string of the molecule is CC(=O)SCC(C)C(=O)N1CCCC1C(=O)OCCSCCON(O)O. The van der Waals surface area contributed by atoms with Crippen molar-refractivity contribution >= 4 is 40.5 Å². The highest BCUT2D eigenvalue weighted by molar-refractivity contribution is 8.13. The first-order valence-electron chi connectivity index (χ1n) is 8.32. The van der Waals surface area contributed by atoms with Gasteiger partial charge in [0, 0.05) is 36.6 Å². The molecule has 0 spiro atoms. The predicted molar refractivity (Wildman–Crippen MR) is 96.7 cm³/mol. The molecule has 1 aliphatic heterocycles. The summed E-state index contributed by atoms with van der Waals surface area (Å²) in [6.07, 6.45) is 1.34. The van der Waals surface area contributed by atoms with Crippen molar-refractivity contribution in [3.8, 4) is 0 Å². The lowest BCUT2D eigenvalue weighted by Crippen LogP contribution is -2.44. The molecule has 0 aliphatic carbocycles. The summed E-state index contributed by atoms with van der Waals surface area (Å²) in [6.45, 7) is 4.08. The van der Waals surface area contributed by atoms with E-state index in [1.165, 1.54) is 18.7 Å². The molecule has 1 fully saturated rings. The number of carbonyl (C=O) groups is 3. The van der Waals surface area contributed by atoms with E-state index in [0.29, 0.717) is 30.2 Å². The van der Waals surface area contributed by atoms with Gasteiger partial charge in [-0.05, 0) is 12.8 Å². The van der Waals surface area contributed by atoms with E-state index in [-0.39, 0.29) is 35.5 Å². The first kappa shape index (κ1) is 23.2. The topological polar surface area (TPSA) is 117 Å². The van der Waals surface area contributed by atoms with Gasteiger partial charge >= 0.3 is 5.97 Å². The third kappa shape index (κ3) is 8.69. The number of nitrogens with zero attached hydrogens (tertiary/aromatic N) is 2. The molecular weight excluding hydrogens is 384 g/mol. The molecule has 26 heavy (non-hydrogen) atoms. The summed E-state index contributed by atoms with van der Waals surface area (Å²) in [7, 11) is 0. The molecule has 1 rings (SSSR count). The van der Waals surface area contributed by atoms with Gasteiger partial charge < -0.3 is 9.64 Å². The number of amides is 1. The molecule has 0 bridgehead atoms. The van der Waals surface area contributed by atoms with E-state index in [4.69, 9.17) is 15.2 Å². The summed E-state index contributed by atoms with van der Waals surface area (Å²) in [6, 6.07) is -0.557. The fourth-order valence-corrected chi connectivity index (χ4v) is 3.67. The van der Waals surface area contributed by atoms with Crippen molar-refractivity contribution in [1.29, 1.82) is 0 Å². The zero-order valence-electron chi connectivity index (χ0n) is 15.0. The Labute approximate surface area is 161 Å². The first-order chi connectivity index (χ1) is 12.3. The van der Waals surface area contributed by atoms with Gasteiger partial charge in [-0.1, -0.05) is 18.7 Å². The van der Waals surface area contributed by atoms with Gasteiger partial charge in [0.2, 0.25) is 5.91 Å². The zero-order valence-corrected chi connectivity index (χ0v) is 16.6. The van der Waals surface area contributed by atoms with Crippen molar-refractivity contribution in [2.45, 2.75) is 32.7 Å². The lowest BCUT2D eigenvalue weighted by Gasteiger charge is -2.26. The Morgan fingerprint density at radius 3 is 2.62 bits per heavy atom. The highest BCUT2D eigenvalue weighted by Crippen LogP contribution is 2.22. The van der Waals surface area contributed by atoms with E-state index in [9.17, 15) is 14.4 Å². The maximum atomic E-state index is 12.5. The summed E-state index contributed by atoms with van der Waals surface area (Å²) >= 11 is 2.55.